The first kappa shape index (κ1) is 13.2. The Morgan fingerprint density at radius 2 is 2.26 bits per heavy atom. The molecule has 1 saturated heterocycles. The van der Waals surface area contributed by atoms with Crippen LogP contribution in [0.15, 0.2) is 16.7 Å². The molecule has 1 aromatic rings. The molecule has 0 unspecified atom stereocenters. The van der Waals surface area contributed by atoms with Gasteiger partial charge in [0.2, 0.25) is 0 Å². The second kappa shape index (κ2) is 5.29. The minimum absolute atomic E-state index is 0.186. The topological polar surface area (TPSA) is 37.3 Å². The lowest BCUT2D eigenvalue weighted by Crippen LogP contribution is -2.59. The van der Waals surface area contributed by atoms with E-state index in [1.165, 1.54) is 12.8 Å². The Bertz CT molecular complexity index is 477. The van der Waals surface area contributed by atoms with E-state index in [1.807, 2.05) is 17.2 Å². The monoisotopic (exact) mass is 325 g/mol. The van der Waals surface area contributed by atoms with Gasteiger partial charge in [0.05, 0.1) is 6.04 Å². The molecule has 0 aromatic carbocycles. The summed E-state index contributed by atoms with van der Waals surface area (Å²) in [6, 6.07) is 2.87. The molecule has 3 rings (SSSR count). The van der Waals surface area contributed by atoms with E-state index in [9.17, 15) is 4.79 Å². The van der Waals surface area contributed by atoms with E-state index in [-0.39, 0.29) is 5.91 Å². The van der Waals surface area contributed by atoms with Gasteiger partial charge in [-0.25, -0.2) is 0 Å². The average molecular weight is 326 g/mol. The summed E-state index contributed by atoms with van der Waals surface area (Å²) in [6.07, 6.45) is 5.45. The minimum atomic E-state index is 0.186. The lowest BCUT2D eigenvalue weighted by Gasteiger charge is -2.38. The maximum absolute atomic E-state index is 12.8. The number of hydrogen-bond acceptors (Lipinski definition) is 2. The predicted octanol–water partition coefficient (Wildman–Crippen LogP) is 2.41. The molecule has 1 amide bonds. The number of nitrogens with zero attached hydrogens (tertiary/aromatic N) is 2. The zero-order chi connectivity index (χ0) is 13.4. The highest BCUT2D eigenvalue weighted by molar-refractivity contribution is 9.10. The second-order valence-electron chi connectivity index (χ2n) is 5.49. The van der Waals surface area contributed by atoms with Crippen LogP contribution in [0.3, 0.4) is 0 Å². The highest BCUT2D eigenvalue weighted by atomic mass is 79.9. The van der Waals surface area contributed by atoms with Crippen LogP contribution in [0, 0.1) is 0 Å². The molecule has 0 radical (unpaired) electrons. The van der Waals surface area contributed by atoms with Crippen molar-refractivity contribution in [2.75, 3.05) is 19.6 Å². The fourth-order valence-corrected chi connectivity index (χ4v) is 3.04. The van der Waals surface area contributed by atoms with Gasteiger partial charge in [0, 0.05) is 36.3 Å². The van der Waals surface area contributed by atoms with Gasteiger partial charge in [-0.1, -0.05) is 6.92 Å². The minimum Gasteiger partial charge on any atom is -0.339 e. The van der Waals surface area contributed by atoms with E-state index >= 15 is 0 Å². The van der Waals surface area contributed by atoms with E-state index < -0.39 is 0 Å². The van der Waals surface area contributed by atoms with Gasteiger partial charge in [-0.15, -0.1) is 0 Å². The van der Waals surface area contributed by atoms with Crippen LogP contribution in [0.25, 0.3) is 0 Å². The predicted molar refractivity (Wildman–Crippen MR) is 78.4 cm³/mol. The highest BCUT2D eigenvalue weighted by Gasteiger charge is 2.33. The molecule has 2 aliphatic rings. The van der Waals surface area contributed by atoms with Crippen LogP contribution in [0.1, 0.15) is 42.7 Å². The van der Waals surface area contributed by atoms with E-state index in [1.54, 1.807) is 0 Å². The molecule has 4 nitrogen and oxygen atoms in total. The average Bonchev–Trinajstić information content (AvgIpc) is 3.09. The third kappa shape index (κ3) is 2.58. The maximum Gasteiger partial charge on any atom is 0.270 e. The molecule has 0 bridgehead atoms. The molecule has 1 saturated carbocycles. The van der Waals surface area contributed by atoms with Crippen molar-refractivity contribution in [1.29, 1.82) is 0 Å². The van der Waals surface area contributed by atoms with Gasteiger partial charge in [0.15, 0.2) is 0 Å². The highest BCUT2D eigenvalue weighted by Crippen LogP contribution is 2.37. The summed E-state index contributed by atoms with van der Waals surface area (Å²) >= 11 is 3.50. The van der Waals surface area contributed by atoms with E-state index in [0.29, 0.717) is 12.1 Å². The summed E-state index contributed by atoms with van der Waals surface area (Å²) in [5, 5.41) is 3.25. The molecular formula is C14H20BrN3O. The van der Waals surface area contributed by atoms with Crippen LogP contribution in [-0.2, 0) is 0 Å². The van der Waals surface area contributed by atoms with Crippen LogP contribution < -0.4 is 5.32 Å². The van der Waals surface area contributed by atoms with Gasteiger partial charge in [-0.2, -0.15) is 0 Å². The summed E-state index contributed by atoms with van der Waals surface area (Å²) in [6.45, 7) is 4.83. The summed E-state index contributed by atoms with van der Waals surface area (Å²) < 4.78 is 3.16. The Hall–Kier alpha value is -0.810. The molecular weight excluding hydrogens is 306 g/mol. The molecule has 2 heterocycles. The lowest BCUT2D eigenvalue weighted by molar-refractivity contribution is 0.0604. The first-order valence-corrected chi connectivity index (χ1v) is 7.89. The molecule has 104 valence electrons. The lowest BCUT2D eigenvalue weighted by atomic mass is 10.1. The van der Waals surface area contributed by atoms with E-state index in [2.05, 4.69) is 32.7 Å². The Labute approximate surface area is 122 Å². The number of carbonyl (C=O) groups is 1. The van der Waals surface area contributed by atoms with Gasteiger partial charge in [-0.05, 0) is 41.3 Å². The SMILES string of the molecule is CCCN(C(=O)c1cc(Br)cn1C1CC1)C1CNC1. The molecule has 19 heavy (non-hydrogen) atoms. The number of carbonyl (C=O) groups excluding carboxylic acids is 1. The van der Waals surface area contributed by atoms with Crippen molar-refractivity contribution >= 4 is 21.8 Å². The van der Waals surface area contributed by atoms with E-state index in [4.69, 9.17) is 0 Å². The number of hydrogen-bond donors (Lipinski definition) is 1. The summed E-state index contributed by atoms with van der Waals surface area (Å²) in [4.78, 5) is 14.8. The zero-order valence-corrected chi connectivity index (χ0v) is 12.8. The first-order chi connectivity index (χ1) is 9.20. The van der Waals surface area contributed by atoms with Crippen LogP contribution in [-0.4, -0.2) is 41.1 Å². The van der Waals surface area contributed by atoms with Gasteiger partial charge < -0.3 is 14.8 Å². The second-order valence-corrected chi connectivity index (χ2v) is 6.41. The summed E-state index contributed by atoms with van der Waals surface area (Å²) in [5.41, 5.74) is 0.842. The molecule has 1 aliphatic heterocycles. The molecule has 5 heteroatoms. The zero-order valence-electron chi connectivity index (χ0n) is 11.2. The van der Waals surface area contributed by atoms with Gasteiger partial charge in [0.1, 0.15) is 5.69 Å². The number of aromatic nitrogens is 1. The fourth-order valence-electron chi connectivity index (χ4n) is 2.60. The van der Waals surface area contributed by atoms with Crippen LogP contribution in [0.2, 0.25) is 0 Å². The Kier molecular flexibility index (Phi) is 3.67. The van der Waals surface area contributed by atoms with Crippen molar-refractivity contribution in [3.05, 3.63) is 22.4 Å². The Morgan fingerprint density at radius 1 is 1.53 bits per heavy atom. The van der Waals surface area contributed by atoms with Crippen molar-refractivity contribution in [3.63, 3.8) is 0 Å². The molecule has 0 atom stereocenters. The third-order valence-electron chi connectivity index (χ3n) is 3.90. The number of rotatable bonds is 5. The largest absolute Gasteiger partial charge is 0.339 e. The van der Waals surface area contributed by atoms with Crippen LogP contribution >= 0.6 is 15.9 Å². The van der Waals surface area contributed by atoms with E-state index in [0.717, 1.165) is 36.2 Å². The molecule has 0 spiro atoms. The molecule has 1 aliphatic carbocycles. The fraction of sp³-hybridized carbons (Fsp3) is 0.643. The summed E-state index contributed by atoms with van der Waals surface area (Å²) in [5.74, 6) is 0.186. The standard InChI is InChI=1S/C14H20BrN3O/c1-2-5-17(12-7-16-8-12)14(19)13-6-10(15)9-18(13)11-3-4-11/h6,9,11-12,16H,2-5,7-8H2,1H3. The van der Waals surface area contributed by atoms with Crippen molar-refractivity contribution in [3.8, 4) is 0 Å². The molecule has 1 aromatic heterocycles. The quantitative estimate of drug-likeness (QED) is 0.902. The number of amides is 1. The van der Waals surface area contributed by atoms with Gasteiger partial charge in [0.25, 0.3) is 5.91 Å². The third-order valence-corrected chi connectivity index (χ3v) is 4.33. The molecule has 1 N–H and O–H groups in total. The normalized spacial score (nSPS) is 19.3. The molecule has 2 fully saturated rings. The van der Waals surface area contributed by atoms with Crippen LogP contribution in [0.4, 0.5) is 0 Å². The van der Waals surface area contributed by atoms with Crippen molar-refractivity contribution in [2.45, 2.75) is 38.3 Å². The first-order valence-electron chi connectivity index (χ1n) is 7.09. The van der Waals surface area contributed by atoms with Crippen LogP contribution in [0.5, 0.6) is 0 Å². The van der Waals surface area contributed by atoms with Gasteiger partial charge in [-0.3, -0.25) is 4.79 Å². The maximum atomic E-state index is 12.8. The van der Waals surface area contributed by atoms with Crippen molar-refractivity contribution in [2.24, 2.45) is 0 Å². The smallest absolute Gasteiger partial charge is 0.270 e. The number of nitrogens with one attached hydrogen (secondary N) is 1. The summed E-state index contributed by atoms with van der Waals surface area (Å²) in [7, 11) is 0. The van der Waals surface area contributed by atoms with Crippen molar-refractivity contribution < 1.29 is 4.79 Å². The van der Waals surface area contributed by atoms with Gasteiger partial charge >= 0.3 is 0 Å². The van der Waals surface area contributed by atoms with Crippen molar-refractivity contribution in [1.82, 2.24) is 14.8 Å². The Balaban J connectivity index is 1.84. The Morgan fingerprint density at radius 3 is 2.79 bits per heavy atom. The number of halogens is 1.